The largest absolute Gasteiger partial charge is 0.497 e. The second-order valence-corrected chi connectivity index (χ2v) is 9.79. The van der Waals surface area contributed by atoms with Gasteiger partial charge in [0.25, 0.3) is 0 Å². The topological polar surface area (TPSA) is 167 Å². The molecule has 1 aromatic heterocycles. The summed E-state index contributed by atoms with van der Waals surface area (Å²) >= 11 is 0. The van der Waals surface area contributed by atoms with E-state index in [0.717, 1.165) is 61.1 Å². The number of methoxy groups -OCH3 is 1. The Kier molecular flexibility index (Phi) is 13.6. The zero-order valence-corrected chi connectivity index (χ0v) is 22.9. The van der Waals surface area contributed by atoms with Crippen molar-refractivity contribution in [2.45, 2.75) is 64.0 Å². The predicted molar refractivity (Wildman–Crippen MR) is 148 cm³/mol. The summed E-state index contributed by atoms with van der Waals surface area (Å²) in [6.45, 7) is 5.88. The number of nitrogens with two attached hydrogens (primary N) is 1. The molecular weight excluding hydrogens is 504 g/mol. The maximum absolute atomic E-state index is 11.6. The van der Waals surface area contributed by atoms with Crippen molar-refractivity contribution in [2.24, 2.45) is 5.73 Å². The third-order valence-corrected chi connectivity index (χ3v) is 6.94. The molecule has 3 rings (SSSR count). The van der Waals surface area contributed by atoms with Crippen LogP contribution in [0.3, 0.4) is 0 Å². The zero-order valence-electron chi connectivity index (χ0n) is 22.9. The maximum Gasteiger partial charge on any atom is 0.414 e. The summed E-state index contributed by atoms with van der Waals surface area (Å²) in [5, 5.41) is 26.7. The molecule has 1 saturated heterocycles. The Bertz CT molecular complexity index is 1060. The number of pyridine rings is 1. The summed E-state index contributed by atoms with van der Waals surface area (Å²) in [6.07, 6.45) is 9.21. The normalized spacial score (nSPS) is 15.0. The van der Waals surface area contributed by atoms with Crippen molar-refractivity contribution in [3.8, 4) is 5.75 Å². The first-order valence-electron chi connectivity index (χ1n) is 13.5. The Morgan fingerprint density at radius 3 is 2.36 bits per heavy atom. The molecule has 11 heteroatoms. The Morgan fingerprint density at radius 2 is 1.77 bits per heavy atom. The van der Waals surface area contributed by atoms with Gasteiger partial charge in [-0.2, -0.15) is 0 Å². The number of aliphatic carboxylic acids is 2. The third-order valence-electron chi connectivity index (χ3n) is 6.94. The first-order chi connectivity index (χ1) is 18.7. The van der Waals surface area contributed by atoms with Gasteiger partial charge in [-0.1, -0.05) is 32.6 Å². The van der Waals surface area contributed by atoms with Gasteiger partial charge < -0.3 is 30.7 Å². The highest BCUT2D eigenvalue weighted by atomic mass is 16.5. The minimum absolute atomic E-state index is 0.249. The summed E-state index contributed by atoms with van der Waals surface area (Å²) < 4.78 is 5.36. The number of piperidine rings is 1. The number of carboxylic acids is 2. The number of aliphatic hydroxyl groups is 1. The monoisotopic (exact) mass is 546 g/mol. The van der Waals surface area contributed by atoms with E-state index in [4.69, 9.17) is 30.3 Å². The summed E-state index contributed by atoms with van der Waals surface area (Å²) in [6, 6.07) is 8.02. The summed E-state index contributed by atoms with van der Waals surface area (Å²) in [4.78, 5) is 38.8. The average molecular weight is 547 g/mol. The molecular formula is C28H42N4O7. The highest BCUT2D eigenvalue weighted by Crippen LogP contribution is 2.28. The van der Waals surface area contributed by atoms with Crippen molar-refractivity contribution in [1.82, 2.24) is 14.8 Å². The molecule has 2 aromatic rings. The van der Waals surface area contributed by atoms with Crippen LogP contribution < -0.4 is 10.5 Å². The van der Waals surface area contributed by atoms with Gasteiger partial charge in [-0.15, -0.1) is 0 Å². The van der Waals surface area contributed by atoms with Crippen LogP contribution in [0.2, 0.25) is 0 Å². The van der Waals surface area contributed by atoms with Crippen LogP contribution in [0.4, 0.5) is 0 Å². The number of hydrogen-bond acceptors (Lipinski definition) is 8. The van der Waals surface area contributed by atoms with E-state index in [1.54, 1.807) is 13.3 Å². The van der Waals surface area contributed by atoms with Gasteiger partial charge in [0.05, 0.1) is 25.3 Å². The molecule has 1 aliphatic rings. The van der Waals surface area contributed by atoms with Crippen molar-refractivity contribution in [2.75, 3.05) is 39.8 Å². The molecule has 11 nitrogen and oxygen atoms in total. The molecule has 216 valence electrons. The summed E-state index contributed by atoms with van der Waals surface area (Å²) in [7, 11) is 1.64. The molecule has 5 N–H and O–H groups in total. The smallest absolute Gasteiger partial charge is 0.414 e. The van der Waals surface area contributed by atoms with E-state index in [1.807, 2.05) is 24.3 Å². The highest BCUT2D eigenvalue weighted by Gasteiger charge is 2.27. The number of unbranched alkanes of at least 4 members (excludes halogenated alkanes) is 4. The third kappa shape index (κ3) is 10.8. The molecule has 1 aromatic carbocycles. The van der Waals surface area contributed by atoms with Gasteiger partial charge in [0.1, 0.15) is 5.75 Å². The lowest BCUT2D eigenvalue weighted by molar-refractivity contribution is -0.159. The van der Waals surface area contributed by atoms with Crippen molar-refractivity contribution >= 4 is 28.7 Å². The van der Waals surface area contributed by atoms with Crippen molar-refractivity contribution in [1.29, 1.82) is 0 Å². The minimum atomic E-state index is -1.82. The van der Waals surface area contributed by atoms with Crippen LogP contribution in [-0.4, -0.2) is 93.8 Å². The fraction of sp³-hybridized carbons (Fsp3) is 0.571. The van der Waals surface area contributed by atoms with Gasteiger partial charge in [0.2, 0.25) is 5.91 Å². The van der Waals surface area contributed by atoms with E-state index in [-0.39, 0.29) is 5.91 Å². The Labute approximate surface area is 229 Å². The van der Waals surface area contributed by atoms with E-state index in [9.17, 15) is 9.90 Å². The quantitative estimate of drug-likeness (QED) is 0.217. The fourth-order valence-corrected chi connectivity index (χ4v) is 4.88. The van der Waals surface area contributed by atoms with Crippen LogP contribution >= 0.6 is 0 Å². The molecule has 2 heterocycles. The zero-order chi connectivity index (χ0) is 28.8. The number of benzene rings is 1. The first-order valence-corrected chi connectivity index (χ1v) is 13.5. The van der Waals surface area contributed by atoms with Crippen LogP contribution in [-0.2, 0) is 14.4 Å². The Balaban J connectivity index is 0.000000798. The molecule has 39 heavy (non-hydrogen) atoms. The van der Waals surface area contributed by atoms with E-state index in [2.05, 4.69) is 21.7 Å². The lowest BCUT2D eigenvalue weighted by atomic mass is 9.99. The van der Waals surface area contributed by atoms with Gasteiger partial charge in [-0.05, 0) is 68.7 Å². The molecule has 0 bridgehead atoms. The van der Waals surface area contributed by atoms with E-state index < -0.39 is 18.0 Å². The standard InChI is InChI=1S/C26H40N4O3.C2H2O4/c1-3-4-5-6-7-14-30(19-26(27)32)20-11-15-29(16-12-20)18-25(31)22-10-13-28-24-9-8-21(33-2)17-23(22)24;3-1(4)2(5)6/h8-10,13,17,20,25,31H,3-7,11-12,14-16,18-19H2,1-2H3,(H2,27,32);(H,3,4)(H,5,6)/t25-;/m0./s1. The number of ether oxygens (including phenoxy) is 1. The van der Waals surface area contributed by atoms with Gasteiger partial charge in [-0.3, -0.25) is 14.7 Å². The van der Waals surface area contributed by atoms with Crippen LogP contribution in [0.15, 0.2) is 30.5 Å². The van der Waals surface area contributed by atoms with Gasteiger partial charge in [-0.25, -0.2) is 9.59 Å². The molecule has 0 aliphatic carbocycles. The molecule has 1 fully saturated rings. The molecule has 0 radical (unpaired) electrons. The number of likely N-dealkylation sites (tertiary alicyclic amines) is 1. The number of hydrogen-bond donors (Lipinski definition) is 4. The van der Waals surface area contributed by atoms with Gasteiger partial charge in [0, 0.05) is 24.2 Å². The maximum atomic E-state index is 11.6. The molecule has 1 aliphatic heterocycles. The lowest BCUT2D eigenvalue weighted by Gasteiger charge is -2.38. The molecule has 0 saturated carbocycles. The van der Waals surface area contributed by atoms with Crippen molar-refractivity contribution < 1.29 is 34.4 Å². The number of amides is 1. The first kappa shape index (κ1) is 31.9. The second kappa shape index (κ2) is 16.6. The minimum Gasteiger partial charge on any atom is -0.497 e. The van der Waals surface area contributed by atoms with Crippen molar-refractivity contribution in [3.63, 3.8) is 0 Å². The molecule has 0 unspecified atom stereocenters. The molecule has 1 amide bonds. The van der Waals surface area contributed by atoms with E-state index in [1.165, 1.54) is 25.7 Å². The number of aliphatic hydroxyl groups excluding tert-OH is 1. The van der Waals surface area contributed by atoms with Crippen LogP contribution in [0.1, 0.15) is 63.5 Å². The lowest BCUT2D eigenvalue weighted by Crippen LogP contribution is -2.48. The summed E-state index contributed by atoms with van der Waals surface area (Å²) in [5.41, 5.74) is 7.27. The number of carbonyl (C=O) groups excluding carboxylic acids is 1. The summed E-state index contributed by atoms with van der Waals surface area (Å²) in [5.74, 6) is -3.14. The fourth-order valence-electron chi connectivity index (χ4n) is 4.88. The number of carboxylic acid groups (broad SMARTS) is 2. The number of aromatic nitrogens is 1. The number of rotatable bonds is 13. The van der Waals surface area contributed by atoms with Gasteiger partial charge >= 0.3 is 11.9 Å². The van der Waals surface area contributed by atoms with Crippen LogP contribution in [0, 0.1) is 0 Å². The number of carbonyl (C=O) groups is 3. The van der Waals surface area contributed by atoms with Crippen LogP contribution in [0.25, 0.3) is 10.9 Å². The van der Waals surface area contributed by atoms with E-state index in [0.29, 0.717) is 19.1 Å². The Morgan fingerprint density at radius 1 is 1.10 bits per heavy atom. The van der Waals surface area contributed by atoms with Gasteiger partial charge in [0.15, 0.2) is 0 Å². The SMILES string of the molecule is CCCCCCCN(CC(N)=O)C1CCN(C[C@H](O)c2ccnc3ccc(OC)cc23)CC1.O=C(O)C(=O)O. The number of nitrogens with zero attached hydrogens (tertiary/aromatic N) is 3. The van der Waals surface area contributed by atoms with Crippen molar-refractivity contribution in [3.05, 3.63) is 36.0 Å². The number of primary amides is 1. The highest BCUT2D eigenvalue weighted by molar-refractivity contribution is 6.27. The second-order valence-electron chi connectivity index (χ2n) is 9.79. The van der Waals surface area contributed by atoms with E-state index >= 15 is 0 Å². The molecule has 1 atom stereocenters. The molecule has 0 spiro atoms. The van der Waals surface area contributed by atoms with Crippen LogP contribution in [0.5, 0.6) is 5.75 Å². The average Bonchev–Trinajstić information content (AvgIpc) is 2.92. The number of fused-ring (bicyclic) bond motifs is 1. The predicted octanol–water partition coefficient (Wildman–Crippen LogP) is 2.65. The number of β-amino-alcohol motifs (C(OH)–C–C–N with tert-alkyl or cyclic N) is 1. The Hall–Kier alpha value is -3.28.